The number of anilines is 2. The molecule has 0 fully saturated rings. The highest BCUT2D eigenvalue weighted by molar-refractivity contribution is 5.74. The van der Waals surface area contributed by atoms with Crippen molar-refractivity contribution < 1.29 is 0 Å². The van der Waals surface area contributed by atoms with Crippen LogP contribution in [0.2, 0.25) is 0 Å². The van der Waals surface area contributed by atoms with E-state index in [-0.39, 0.29) is 11.2 Å². The second-order valence-corrected chi connectivity index (χ2v) is 6.26. The summed E-state index contributed by atoms with van der Waals surface area (Å²) in [5.74, 6) is 0.556. The Morgan fingerprint density at radius 3 is 2.33 bits per heavy atom. The number of benzene rings is 2. The summed E-state index contributed by atoms with van der Waals surface area (Å²) in [6.07, 6.45) is 0. The number of hydrogen-bond donors (Lipinski definition) is 3. The van der Waals surface area contributed by atoms with E-state index >= 15 is 0 Å². The maximum absolute atomic E-state index is 12.5. The summed E-state index contributed by atoms with van der Waals surface area (Å²) in [5, 5.41) is 7.20. The number of fused-ring (bicyclic) bond motifs is 1. The average Bonchev–Trinajstić information content (AvgIpc) is 3.08. The van der Waals surface area contributed by atoms with Crippen LogP contribution in [0.1, 0.15) is 11.3 Å². The second-order valence-electron chi connectivity index (χ2n) is 6.26. The first-order valence-corrected chi connectivity index (χ1v) is 8.52. The Balaban J connectivity index is 1.59. The quantitative estimate of drug-likeness (QED) is 0.484. The summed E-state index contributed by atoms with van der Waals surface area (Å²) in [6, 6.07) is 17.3. The van der Waals surface area contributed by atoms with Crippen molar-refractivity contribution in [3.8, 4) is 11.3 Å². The Morgan fingerprint density at radius 1 is 0.889 bits per heavy atom. The Kier molecular flexibility index (Phi) is 4.25. The molecule has 0 aliphatic carbocycles. The van der Waals surface area contributed by atoms with Crippen molar-refractivity contribution in [3.63, 3.8) is 0 Å². The standard InChI is InChI=1S/C20H18N6O/c1-12-7-9-14(10-8-12)17-11-18(24-23-17)25-26-19-13(2)21-15-5-3-4-6-16(15)22-20(19)27/h3-11H,1-2H3,(H,22,26,27)(H2,23,24,25). The largest absolute Gasteiger partial charge is 0.297 e. The van der Waals surface area contributed by atoms with Crippen LogP contribution in [0.4, 0.5) is 11.5 Å². The number of aromatic amines is 1. The van der Waals surface area contributed by atoms with Crippen LogP contribution in [-0.2, 0) is 0 Å². The lowest BCUT2D eigenvalue weighted by atomic mass is 10.1. The third-order valence-electron chi connectivity index (χ3n) is 4.22. The van der Waals surface area contributed by atoms with Crippen molar-refractivity contribution in [2.75, 3.05) is 10.9 Å². The molecule has 7 nitrogen and oxygen atoms in total. The fourth-order valence-corrected chi connectivity index (χ4v) is 2.75. The predicted molar refractivity (Wildman–Crippen MR) is 107 cm³/mol. The molecular weight excluding hydrogens is 340 g/mol. The lowest BCUT2D eigenvalue weighted by Crippen LogP contribution is -2.18. The maximum Gasteiger partial charge on any atom is 0.297 e. The van der Waals surface area contributed by atoms with E-state index in [4.69, 9.17) is 0 Å². The molecule has 0 bridgehead atoms. The fourth-order valence-electron chi connectivity index (χ4n) is 2.75. The van der Waals surface area contributed by atoms with Crippen LogP contribution in [-0.4, -0.2) is 20.2 Å². The van der Waals surface area contributed by atoms with Crippen molar-refractivity contribution in [2.24, 2.45) is 0 Å². The van der Waals surface area contributed by atoms with Crippen molar-refractivity contribution in [1.82, 2.24) is 20.2 Å². The number of nitrogens with zero attached hydrogens (tertiary/aromatic N) is 3. The van der Waals surface area contributed by atoms with E-state index in [9.17, 15) is 4.79 Å². The zero-order valence-electron chi connectivity index (χ0n) is 14.9. The van der Waals surface area contributed by atoms with Gasteiger partial charge < -0.3 is 0 Å². The molecule has 0 atom stereocenters. The highest BCUT2D eigenvalue weighted by atomic mass is 16.1. The molecule has 2 aromatic carbocycles. The van der Waals surface area contributed by atoms with Gasteiger partial charge in [0, 0.05) is 6.07 Å². The third kappa shape index (κ3) is 3.48. The predicted octanol–water partition coefficient (Wildman–Crippen LogP) is 3.44. The molecule has 0 aliphatic heterocycles. The lowest BCUT2D eigenvalue weighted by molar-refractivity contribution is 1.09. The summed E-state index contributed by atoms with van der Waals surface area (Å²) in [7, 11) is 0. The number of para-hydroxylation sites is 2. The van der Waals surface area contributed by atoms with Crippen molar-refractivity contribution in [1.29, 1.82) is 0 Å². The summed E-state index contributed by atoms with van der Waals surface area (Å²) >= 11 is 0. The number of nitrogens with one attached hydrogen (secondary N) is 3. The van der Waals surface area contributed by atoms with E-state index in [0.29, 0.717) is 22.5 Å². The minimum atomic E-state index is -0.386. The van der Waals surface area contributed by atoms with Gasteiger partial charge in [0.2, 0.25) is 0 Å². The molecule has 0 saturated heterocycles. The summed E-state index contributed by atoms with van der Waals surface area (Å²) in [5.41, 5.74) is 10.6. The highest BCUT2D eigenvalue weighted by Crippen LogP contribution is 2.20. The Morgan fingerprint density at radius 2 is 1.59 bits per heavy atom. The van der Waals surface area contributed by atoms with Gasteiger partial charge in [0.05, 0.1) is 22.4 Å². The zero-order valence-corrected chi connectivity index (χ0v) is 14.9. The average molecular weight is 358 g/mol. The fraction of sp³-hybridized carbons (Fsp3) is 0.100. The van der Waals surface area contributed by atoms with E-state index in [1.807, 2.05) is 55.5 Å². The van der Waals surface area contributed by atoms with Gasteiger partial charge in [-0.15, -0.1) is 0 Å². The van der Waals surface area contributed by atoms with Crippen molar-refractivity contribution in [2.45, 2.75) is 13.8 Å². The minimum absolute atomic E-state index is 0.283. The third-order valence-corrected chi connectivity index (χ3v) is 4.22. The van der Waals surface area contributed by atoms with Crippen LogP contribution in [0.25, 0.3) is 22.3 Å². The molecule has 134 valence electrons. The molecule has 2 heterocycles. The Bertz CT molecular complexity index is 1170. The first-order valence-electron chi connectivity index (χ1n) is 8.52. The normalized spacial score (nSPS) is 10.7. The molecule has 0 spiro atoms. The molecule has 0 radical (unpaired) electrons. The van der Waals surface area contributed by atoms with Crippen molar-refractivity contribution >= 4 is 22.5 Å². The molecule has 7 heteroatoms. The number of hydrogen-bond acceptors (Lipinski definition) is 6. The topological polar surface area (TPSA) is 95.6 Å². The summed E-state index contributed by atoms with van der Waals surface area (Å²) in [6.45, 7) is 3.81. The molecule has 3 N–H and O–H groups in total. The number of aryl methyl sites for hydroxylation is 2. The van der Waals surface area contributed by atoms with Crippen LogP contribution in [0.3, 0.4) is 0 Å². The first kappa shape index (κ1) is 16.7. The number of hydrazine groups is 1. The molecule has 0 amide bonds. The van der Waals surface area contributed by atoms with E-state index < -0.39 is 0 Å². The van der Waals surface area contributed by atoms with Crippen molar-refractivity contribution in [3.05, 3.63) is 76.2 Å². The molecule has 4 rings (SSSR count). The maximum atomic E-state index is 12.5. The molecule has 27 heavy (non-hydrogen) atoms. The first-order chi connectivity index (χ1) is 13.1. The monoisotopic (exact) mass is 358 g/mol. The van der Waals surface area contributed by atoms with Crippen LogP contribution in [0.15, 0.2) is 59.4 Å². The smallest absolute Gasteiger partial charge is 0.293 e. The van der Waals surface area contributed by atoms with Gasteiger partial charge in [0.25, 0.3) is 5.56 Å². The molecule has 4 aromatic rings. The van der Waals surface area contributed by atoms with E-state index in [1.54, 1.807) is 13.0 Å². The van der Waals surface area contributed by atoms with Crippen LogP contribution < -0.4 is 16.4 Å². The van der Waals surface area contributed by atoms with Gasteiger partial charge in [-0.2, -0.15) is 5.10 Å². The summed E-state index contributed by atoms with van der Waals surface area (Å²) in [4.78, 5) is 21.1. The van der Waals surface area contributed by atoms with Crippen LogP contribution in [0.5, 0.6) is 0 Å². The van der Waals surface area contributed by atoms with Gasteiger partial charge in [-0.3, -0.25) is 20.7 Å². The second kappa shape index (κ2) is 6.87. The minimum Gasteiger partial charge on any atom is -0.293 e. The molecule has 0 aliphatic rings. The molecular formula is C20H18N6O. The van der Waals surface area contributed by atoms with Gasteiger partial charge in [0.15, 0.2) is 5.82 Å². The number of rotatable bonds is 4. The molecule has 0 saturated carbocycles. The highest BCUT2D eigenvalue weighted by Gasteiger charge is 2.08. The van der Waals surface area contributed by atoms with Gasteiger partial charge in [-0.25, -0.2) is 9.97 Å². The van der Waals surface area contributed by atoms with Crippen LogP contribution in [0, 0.1) is 13.8 Å². The Labute approximate surface area is 155 Å². The van der Waals surface area contributed by atoms with E-state index in [2.05, 4.69) is 31.0 Å². The summed E-state index contributed by atoms with van der Waals surface area (Å²) < 4.78 is 0. The number of H-pyrrole nitrogens is 1. The molecule has 0 unspecified atom stereocenters. The van der Waals surface area contributed by atoms with Crippen LogP contribution >= 0.6 is 0 Å². The van der Waals surface area contributed by atoms with Gasteiger partial charge in [0.1, 0.15) is 5.69 Å². The van der Waals surface area contributed by atoms with Gasteiger partial charge >= 0.3 is 0 Å². The number of aromatic nitrogens is 4. The Hall–Kier alpha value is -3.74. The van der Waals surface area contributed by atoms with Gasteiger partial charge in [-0.1, -0.05) is 42.0 Å². The van der Waals surface area contributed by atoms with Gasteiger partial charge in [-0.05, 0) is 31.5 Å². The lowest BCUT2D eigenvalue weighted by Gasteiger charge is -2.05. The van der Waals surface area contributed by atoms with E-state index in [1.165, 1.54) is 5.56 Å². The van der Waals surface area contributed by atoms with E-state index in [0.717, 1.165) is 11.3 Å². The molecule has 2 aromatic heterocycles. The zero-order chi connectivity index (χ0) is 18.8. The SMILES string of the molecule is Cc1ccc(-c2cc(NNc3c(C)nc4ccccc4nc3=O)n[nH]2)cc1.